The van der Waals surface area contributed by atoms with E-state index < -0.39 is 6.04 Å². The van der Waals surface area contributed by atoms with Crippen LogP contribution < -0.4 is 5.32 Å². The molecule has 0 saturated carbocycles. The highest BCUT2D eigenvalue weighted by Gasteiger charge is 2.33. The molecule has 0 spiro atoms. The van der Waals surface area contributed by atoms with Gasteiger partial charge >= 0.3 is 0 Å². The van der Waals surface area contributed by atoms with E-state index in [1.165, 1.54) is 0 Å². The molecule has 130 valence electrons. The van der Waals surface area contributed by atoms with Gasteiger partial charge in [0.1, 0.15) is 11.7 Å². The van der Waals surface area contributed by atoms with Crippen molar-refractivity contribution in [3.63, 3.8) is 0 Å². The number of carbonyl (C=O) groups excluding carboxylic acids is 1. The van der Waals surface area contributed by atoms with Gasteiger partial charge in [-0.05, 0) is 30.8 Å². The van der Waals surface area contributed by atoms with Crippen LogP contribution in [-0.4, -0.2) is 39.6 Å². The van der Waals surface area contributed by atoms with Gasteiger partial charge in [-0.25, -0.2) is 4.63 Å². The molecule has 1 N–H and O–H groups in total. The number of nitrogens with zero attached hydrogens (tertiary/aromatic N) is 4. The third-order valence-electron chi connectivity index (χ3n) is 4.13. The Labute approximate surface area is 139 Å². The molecule has 0 unspecified atom stereocenters. The number of hydrogen-bond donors (Lipinski definition) is 1. The quantitative estimate of drug-likeness (QED) is 0.879. The largest absolute Gasteiger partial charge is 0.381 e. The van der Waals surface area contributed by atoms with Gasteiger partial charge in [-0.1, -0.05) is 24.2 Å². The van der Waals surface area contributed by atoms with E-state index >= 15 is 0 Å². The zero-order valence-electron chi connectivity index (χ0n) is 14.0. The molecule has 0 radical (unpaired) electrons. The standard InChI is InChI=1S/C15H21N5O4/c1-8(2)13-17-15(23-20-13)12(10-4-6-22-7-5-10)16-14(21)11-9(3)18-24-19-11/h8,10,12H,4-7H2,1-3H3,(H,16,21)/t12-/m0/s1. The predicted molar refractivity (Wildman–Crippen MR) is 81.2 cm³/mol. The van der Waals surface area contributed by atoms with Crippen LogP contribution in [0.5, 0.6) is 0 Å². The van der Waals surface area contributed by atoms with Crippen molar-refractivity contribution in [1.29, 1.82) is 0 Å². The van der Waals surface area contributed by atoms with Crippen molar-refractivity contribution in [3.8, 4) is 0 Å². The van der Waals surface area contributed by atoms with E-state index in [-0.39, 0.29) is 23.4 Å². The van der Waals surface area contributed by atoms with Crippen LogP contribution in [0.2, 0.25) is 0 Å². The highest BCUT2D eigenvalue weighted by Crippen LogP contribution is 2.30. The Morgan fingerprint density at radius 1 is 1.21 bits per heavy atom. The van der Waals surface area contributed by atoms with Crippen LogP contribution in [0.25, 0.3) is 0 Å². The van der Waals surface area contributed by atoms with Crippen molar-refractivity contribution in [2.75, 3.05) is 13.2 Å². The fourth-order valence-electron chi connectivity index (χ4n) is 2.69. The molecule has 1 atom stereocenters. The summed E-state index contributed by atoms with van der Waals surface area (Å²) in [4.78, 5) is 16.9. The van der Waals surface area contributed by atoms with Crippen LogP contribution in [0, 0.1) is 12.8 Å². The summed E-state index contributed by atoms with van der Waals surface area (Å²) in [7, 11) is 0. The molecular weight excluding hydrogens is 314 g/mol. The Bertz CT molecular complexity index is 690. The van der Waals surface area contributed by atoms with Crippen molar-refractivity contribution in [1.82, 2.24) is 25.8 Å². The minimum atomic E-state index is -0.391. The number of aromatic nitrogens is 4. The molecule has 0 bridgehead atoms. The molecule has 1 amide bonds. The van der Waals surface area contributed by atoms with Crippen LogP contribution >= 0.6 is 0 Å². The Hall–Kier alpha value is -2.29. The lowest BCUT2D eigenvalue weighted by molar-refractivity contribution is 0.0466. The maximum atomic E-state index is 12.5. The first-order chi connectivity index (χ1) is 11.6. The summed E-state index contributed by atoms with van der Waals surface area (Å²) in [6, 6.07) is -0.391. The van der Waals surface area contributed by atoms with Gasteiger partial charge in [0.15, 0.2) is 11.5 Å². The Morgan fingerprint density at radius 2 is 1.96 bits per heavy atom. The van der Waals surface area contributed by atoms with Crippen LogP contribution in [0.15, 0.2) is 9.15 Å². The minimum Gasteiger partial charge on any atom is -0.381 e. The smallest absolute Gasteiger partial charge is 0.276 e. The Balaban J connectivity index is 1.83. The summed E-state index contributed by atoms with van der Waals surface area (Å²) in [5.74, 6) is 0.969. The number of nitrogens with one attached hydrogen (secondary N) is 1. The lowest BCUT2D eigenvalue weighted by Crippen LogP contribution is -2.36. The lowest BCUT2D eigenvalue weighted by Gasteiger charge is -2.28. The second-order valence-electron chi connectivity index (χ2n) is 6.24. The number of ether oxygens (including phenoxy) is 1. The number of carbonyl (C=O) groups is 1. The van der Waals surface area contributed by atoms with Crippen molar-refractivity contribution in [2.45, 2.75) is 45.6 Å². The summed E-state index contributed by atoms with van der Waals surface area (Å²) < 4.78 is 15.4. The number of aryl methyl sites for hydroxylation is 1. The third kappa shape index (κ3) is 3.45. The summed E-state index contributed by atoms with van der Waals surface area (Å²) in [6.07, 6.45) is 1.61. The van der Waals surface area contributed by atoms with Gasteiger partial charge < -0.3 is 14.6 Å². The number of amides is 1. The minimum absolute atomic E-state index is 0.149. The van der Waals surface area contributed by atoms with Crippen molar-refractivity contribution < 1.29 is 18.7 Å². The number of hydrogen-bond acceptors (Lipinski definition) is 8. The average molecular weight is 335 g/mol. The molecule has 1 saturated heterocycles. The van der Waals surface area contributed by atoms with E-state index in [1.807, 2.05) is 13.8 Å². The highest BCUT2D eigenvalue weighted by molar-refractivity contribution is 5.93. The third-order valence-corrected chi connectivity index (χ3v) is 4.13. The molecule has 0 aromatic carbocycles. The van der Waals surface area contributed by atoms with Gasteiger partial charge in [0.05, 0.1) is 0 Å². The van der Waals surface area contributed by atoms with Gasteiger partial charge in [0.2, 0.25) is 5.89 Å². The van der Waals surface area contributed by atoms with E-state index in [1.54, 1.807) is 6.92 Å². The van der Waals surface area contributed by atoms with E-state index in [2.05, 4.69) is 30.4 Å². The van der Waals surface area contributed by atoms with Crippen molar-refractivity contribution in [2.24, 2.45) is 5.92 Å². The summed E-state index contributed by atoms with van der Waals surface area (Å²) in [6.45, 7) is 6.93. The maximum absolute atomic E-state index is 12.5. The fraction of sp³-hybridized carbons (Fsp3) is 0.667. The molecule has 1 aliphatic heterocycles. The van der Waals surface area contributed by atoms with E-state index in [4.69, 9.17) is 9.26 Å². The zero-order chi connectivity index (χ0) is 17.1. The van der Waals surface area contributed by atoms with Crippen LogP contribution in [0.4, 0.5) is 0 Å². The fourth-order valence-corrected chi connectivity index (χ4v) is 2.69. The molecule has 0 aliphatic carbocycles. The molecule has 3 heterocycles. The van der Waals surface area contributed by atoms with E-state index in [0.29, 0.717) is 30.6 Å². The van der Waals surface area contributed by atoms with Crippen molar-refractivity contribution >= 4 is 5.91 Å². The van der Waals surface area contributed by atoms with Gasteiger partial charge in [-0.15, -0.1) is 0 Å². The second kappa shape index (κ2) is 7.08. The molecular formula is C15H21N5O4. The van der Waals surface area contributed by atoms with Gasteiger partial charge in [0.25, 0.3) is 5.91 Å². The maximum Gasteiger partial charge on any atom is 0.276 e. The normalized spacial score (nSPS) is 17.2. The molecule has 3 rings (SSSR count). The first-order valence-electron chi connectivity index (χ1n) is 8.07. The zero-order valence-corrected chi connectivity index (χ0v) is 14.0. The summed E-state index contributed by atoms with van der Waals surface area (Å²) >= 11 is 0. The number of rotatable bonds is 5. The predicted octanol–water partition coefficient (Wildman–Crippen LogP) is 1.78. The van der Waals surface area contributed by atoms with E-state index in [9.17, 15) is 4.79 Å². The van der Waals surface area contributed by atoms with Gasteiger partial charge in [0, 0.05) is 19.1 Å². The average Bonchev–Trinajstić information content (AvgIpc) is 3.22. The monoisotopic (exact) mass is 335 g/mol. The Kier molecular flexibility index (Phi) is 4.89. The lowest BCUT2D eigenvalue weighted by atomic mass is 9.91. The summed E-state index contributed by atoms with van der Waals surface area (Å²) in [5, 5.41) is 14.2. The molecule has 9 heteroatoms. The molecule has 24 heavy (non-hydrogen) atoms. The molecule has 2 aromatic rings. The summed E-state index contributed by atoms with van der Waals surface area (Å²) in [5.41, 5.74) is 0.599. The van der Waals surface area contributed by atoms with Crippen LogP contribution in [-0.2, 0) is 4.74 Å². The van der Waals surface area contributed by atoms with Gasteiger partial charge in [-0.3, -0.25) is 4.79 Å². The highest BCUT2D eigenvalue weighted by atomic mass is 16.6. The van der Waals surface area contributed by atoms with Crippen LogP contribution in [0.3, 0.4) is 0 Å². The SMILES string of the molecule is Cc1nonc1C(=O)N[C@H](c1nc(C(C)C)no1)C1CCOCC1. The second-order valence-corrected chi connectivity index (χ2v) is 6.24. The molecule has 2 aromatic heterocycles. The molecule has 1 aliphatic rings. The Morgan fingerprint density at radius 3 is 2.54 bits per heavy atom. The topological polar surface area (TPSA) is 116 Å². The molecule has 1 fully saturated rings. The van der Waals surface area contributed by atoms with Crippen LogP contribution in [0.1, 0.15) is 66.5 Å². The first kappa shape index (κ1) is 16.6. The molecule has 9 nitrogen and oxygen atoms in total. The first-order valence-corrected chi connectivity index (χ1v) is 8.07. The van der Waals surface area contributed by atoms with Crippen molar-refractivity contribution in [3.05, 3.63) is 23.1 Å². The van der Waals surface area contributed by atoms with Gasteiger partial charge in [-0.2, -0.15) is 4.98 Å². The van der Waals surface area contributed by atoms with E-state index in [0.717, 1.165) is 12.8 Å².